The molecule has 0 radical (unpaired) electrons. The lowest BCUT2D eigenvalue weighted by Gasteiger charge is -1.89. The molecule has 0 aliphatic heterocycles. The van der Waals surface area contributed by atoms with Crippen LogP contribution >= 0.6 is 0 Å². The number of hydrogen-bond donors (Lipinski definition) is 1. The fraction of sp³-hybridized carbons (Fsp3) is 0.125. The van der Waals surface area contributed by atoms with Crippen LogP contribution in [0.25, 0.3) is 10.9 Å². The van der Waals surface area contributed by atoms with Crippen LogP contribution < -0.4 is 5.63 Å². The predicted octanol–water partition coefficient (Wildman–Crippen LogP) is 1.43. The molecule has 0 saturated carbocycles. The number of nitrogens with one attached hydrogen (secondary N) is 1. The lowest BCUT2D eigenvalue weighted by atomic mass is 10.2. The monoisotopic (exact) mass is 149 g/mol. The van der Waals surface area contributed by atoms with Gasteiger partial charge < -0.3 is 4.52 Å². The largest absolute Gasteiger partial charge is 0.365 e. The molecule has 2 aromatic rings. The Kier molecular flexibility index (Phi) is 1.12. The highest BCUT2D eigenvalue weighted by Crippen LogP contribution is 2.11. The summed E-state index contributed by atoms with van der Waals surface area (Å²) >= 11 is 0. The zero-order valence-electron chi connectivity index (χ0n) is 6.05. The van der Waals surface area contributed by atoms with Gasteiger partial charge >= 0.3 is 5.63 Å². The maximum Gasteiger partial charge on any atom is 0.365 e. The normalized spacial score (nSPS) is 10.6. The third-order valence-corrected chi connectivity index (χ3v) is 1.74. The van der Waals surface area contributed by atoms with E-state index in [-0.39, 0.29) is 5.63 Å². The predicted molar refractivity (Wildman–Crippen MR) is 41.6 cm³/mol. The Morgan fingerprint density at radius 2 is 2.27 bits per heavy atom. The average Bonchev–Trinajstić information content (AvgIpc) is 2.35. The summed E-state index contributed by atoms with van der Waals surface area (Å²) in [4.78, 5) is 10.9. The van der Waals surface area contributed by atoms with Crippen molar-refractivity contribution in [2.24, 2.45) is 0 Å². The Morgan fingerprint density at radius 3 is 3.00 bits per heavy atom. The summed E-state index contributed by atoms with van der Waals surface area (Å²) in [5.74, 6) is 0. The molecule has 1 aromatic heterocycles. The van der Waals surface area contributed by atoms with Gasteiger partial charge in [-0.3, -0.25) is 0 Å². The van der Waals surface area contributed by atoms with E-state index in [0.717, 1.165) is 11.1 Å². The van der Waals surface area contributed by atoms with E-state index in [9.17, 15) is 4.79 Å². The Bertz CT molecular complexity index is 439. The molecule has 0 aliphatic rings. The Balaban J connectivity index is 3.06. The summed E-state index contributed by atoms with van der Waals surface area (Å²) in [6.45, 7) is 1.92. The van der Waals surface area contributed by atoms with Gasteiger partial charge in [0.25, 0.3) is 0 Å². The molecule has 3 heteroatoms. The van der Waals surface area contributed by atoms with Gasteiger partial charge in [0.15, 0.2) is 0 Å². The van der Waals surface area contributed by atoms with Crippen LogP contribution in [0.4, 0.5) is 0 Å². The van der Waals surface area contributed by atoms with Gasteiger partial charge in [0, 0.05) is 0 Å². The number of fused-ring (bicyclic) bond motifs is 1. The second kappa shape index (κ2) is 1.99. The van der Waals surface area contributed by atoms with Crippen LogP contribution in [0.5, 0.6) is 0 Å². The minimum atomic E-state index is -0.302. The minimum Gasteiger partial charge on any atom is -0.338 e. The van der Waals surface area contributed by atoms with Crippen LogP contribution in [0.2, 0.25) is 0 Å². The first-order valence-corrected chi connectivity index (χ1v) is 3.36. The topological polar surface area (TPSA) is 46.0 Å². The number of rotatable bonds is 0. The van der Waals surface area contributed by atoms with Crippen LogP contribution in [0.15, 0.2) is 27.5 Å². The second-order valence-corrected chi connectivity index (χ2v) is 2.49. The van der Waals surface area contributed by atoms with Crippen LogP contribution in [0, 0.1) is 6.92 Å². The van der Waals surface area contributed by atoms with Crippen molar-refractivity contribution in [2.75, 3.05) is 0 Å². The van der Waals surface area contributed by atoms with E-state index in [1.807, 2.05) is 19.1 Å². The molecule has 0 saturated heterocycles. The fourth-order valence-corrected chi connectivity index (χ4v) is 1.13. The molecule has 1 N–H and O–H groups in total. The van der Waals surface area contributed by atoms with Crippen molar-refractivity contribution in [3.8, 4) is 0 Å². The Labute approximate surface area is 62.6 Å². The standard InChI is InChI=1S/C8H7NO2/c1-5-3-2-4-6-7(5)9-11-8(6)10/h2-4,9H,1H3. The van der Waals surface area contributed by atoms with E-state index in [2.05, 4.69) is 9.68 Å². The zero-order chi connectivity index (χ0) is 7.84. The summed E-state index contributed by atoms with van der Waals surface area (Å²) in [7, 11) is 0. The highest BCUT2D eigenvalue weighted by atomic mass is 16.5. The number of aryl methyl sites for hydroxylation is 1. The molecule has 3 nitrogen and oxygen atoms in total. The van der Waals surface area contributed by atoms with Gasteiger partial charge in [-0.05, 0) is 18.6 Å². The Morgan fingerprint density at radius 1 is 1.45 bits per heavy atom. The molecule has 0 amide bonds. The molecule has 0 atom stereocenters. The highest BCUT2D eigenvalue weighted by Gasteiger charge is 2.02. The van der Waals surface area contributed by atoms with Crippen molar-refractivity contribution in [2.45, 2.75) is 6.92 Å². The SMILES string of the molecule is Cc1cccc2c(=O)o[nH]c12. The summed E-state index contributed by atoms with van der Waals surface area (Å²) in [5.41, 5.74) is 1.51. The first-order chi connectivity index (χ1) is 5.29. The van der Waals surface area contributed by atoms with Crippen molar-refractivity contribution in [3.63, 3.8) is 0 Å². The van der Waals surface area contributed by atoms with Gasteiger partial charge in [0.2, 0.25) is 0 Å². The van der Waals surface area contributed by atoms with Crippen molar-refractivity contribution in [3.05, 3.63) is 34.2 Å². The molecule has 0 aliphatic carbocycles. The summed E-state index contributed by atoms with van der Waals surface area (Å²) in [6, 6.07) is 5.50. The van der Waals surface area contributed by atoms with E-state index in [1.165, 1.54) is 0 Å². The minimum absolute atomic E-state index is 0.302. The summed E-state index contributed by atoms with van der Waals surface area (Å²) in [5, 5.41) is 3.18. The molecule has 0 bridgehead atoms. The van der Waals surface area contributed by atoms with Gasteiger partial charge in [0.1, 0.15) is 0 Å². The van der Waals surface area contributed by atoms with E-state index < -0.39 is 0 Å². The average molecular weight is 149 g/mol. The second-order valence-electron chi connectivity index (χ2n) is 2.49. The van der Waals surface area contributed by atoms with Gasteiger partial charge in [-0.1, -0.05) is 12.1 Å². The van der Waals surface area contributed by atoms with Crippen molar-refractivity contribution in [1.29, 1.82) is 0 Å². The zero-order valence-corrected chi connectivity index (χ0v) is 6.05. The number of H-pyrrole nitrogens is 1. The number of benzene rings is 1. The molecule has 56 valence electrons. The maximum absolute atomic E-state index is 10.9. The van der Waals surface area contributed by atoms with E-state index in [4.69, 9.17) is 0 Å². The number of aromatic amines is 1. The summed E-state index contributed by atoms with van der Waals surface area (Å²) < 4.78 is 4.62. The fourth-order valence-electron chi connectivity index (χ4n) is 1.13. The summed E-state index contributed by atoms with van der Waals surface area (Å²) in [6.07, 6.45) is 0. The quantitative estimate of drug-likeness (QED) is 0.615. The first-order valence-electron chi connectivity index (χ1n) is 3.36. The van der Waals surface area contributed by atoms with Gasteiger partial charge in [0.05, 0.1) is 10.9 Å². The third-order valence-electron chi connectivity index (χ3n) is 1.74. The molecule has 0 spiro atoms. The van der Waals surface area contributed by atoms with Crippen LogP contribution in [0.3, 0.4) is 0 Å². The molecule has 2 rings (SSSR count). The number of aromatic nitrogens is 1. The number of para-hydroxylation sites is 1. The van der Waals surface area contributed by atoms with Crippen LogP contribution in [-0.4, -0.2) is 5.16 Å². The van der Waals surface area contributed by atoms with Gasteiger partial charge in [-0.25, -0.2) is 9.95 Å². The van der Waals surface area contributed by atoms with E-state index in [0.29, 0.717) is 5.39 Å². The van der Waals surface area contributed by atoms with E-state index in [1.54, 1.807) is 6.07 Å². The number of hydrogen-bond acceptors (Lipinski definition) is 2. The molecule has 11 heavy (non-hydrogen) atoms. The van der Waals surface area contributed by atoms with Crippen molar-refractivity contribution in [1.82, 2.24) is 5.16 Å². The molecular formula is C8H7NO2. The van der Waals surface area contributed by atoms with Crippen LogP contribution in [-0.2, 0) is 0 Å². The smallest absolute Gasteiger partial charge is 0.338 e. The molecule has 1 aromatic carbocycles. The molecular weight excluding hydrogens is 142 g/mol. The molecule has 0 unspecified atom stereocenters. The third kappa shape index (κ3) is 0.774. The lowest BCUT2D eigenvalue weighted by molar-refractivity contribution is 0.399. The Hall–Kier alpha value is -1.51. The molecule has 1 heterocycles. The highest BCUT2D eigenvalue weighted by molar-refractivity contribution is 5.79. The van der Waals surface area contributed by atoms with Gasteiger partial charge in [-0.15, -0.1) is 0 Å². The van der Waals surface area contributed by atoms with Crippen molar-refractivity contribution < 1.29 is 4.52 Å². The van der Waals surface area contributed by atoms with Gasteiger partial charge in [-0.2, -0.15) is 0 Å². The molecule has 0 fully saturated rings. The lowest BCUT2D eigenvalue weighted by Crippen LogP contribution is -1.89. The van der Waals surface area contributed by atoms with E-state index >= 15 is 0 Å². The maximum atomic E-state index is 10.9. The first kappa shape index (κ1) is 6.22. The van der Waals surface area contributed by atoms with Crippen LogP contribution in [0.1, 0.15) is 5.56 Å². The van der Waals surface area contributed by atoms with Crippen molar-refractivity contribution >= 4 is 10.9 Å².